The van der Waals surface area contributed by atoms with E-state index in [0.717, 1.165) is 6.42 Å². The molecule has 0 aliphatic carbocycles. The lowest BCUT2D eigenvalue weighted by Gasteiger charge is -2.16. The molecule has 0 spiro atoms. The van der Waals surface area contributed by atoms with Gasteiger partial charge in [0.2, 0.25) is 11.8 Å². The fraction of sp³-hybridized carbons (Fsp3) is 0.700. The Hall–Kier alpha value is -1.17. The first kappa shape index (κ1) is 14.8. The average Bonchev–Trinajstić information content (AvgIpc) is 2.24. The molecule has 0 saturated carbocycles. The van der Waals surface area contributed by atoms with E-state index < -0.39 is 12.0 Å². The molecule has 0 bridgehead atoms. The third kappa shape index (κ3) is 5.06. The molecule has 16 heavy (non-hydrogen) atoms. The van der Waals surface area contributed by atoms with Gasteiger partial charge in [-0.05, 0) is 20.3 Å². The molecule has 4 N–H and O–H groups in total. The lowest BCUT2D eigenvalue weighted by molar-refractivity contribution is -0.129. The molecule has 0 radical (unpaired) electrons. The molecule has 5 nitrogen and oxygen atoms in total. The van der Waals surface area contributed by atoms with Crippen LogP contribution in [0.2, 0.25) is 0 Å². The van der Waals surface area contributed by atoms with E-state index in [2.05, 4.69) is 10.6 Å². The van der Waals surface area contributed by atoms with Crippen LogP contribution in [0.15, 0.2) is 0 Å². The molecule has 92 valence electrons. The lowest BCUT2D eigenvalue weighted by atomic mass is 10.1. The number of nitrogens with one attached hydrogen (secondary N) is 2. The van der Waals surface area contributed by atoms with Gasteiger partial charge in [-0.3, -0.25) is 9.59 Å². The summed E-state index contributed by atoms with van der Waals surface area (Å²) >= 11 is 4.70. The van der Waals surface area contributed by atoms with Crippen molar-refractivity contribution in [2.24, 2.45) is 11.7 Å². The highest BCUT2D eigenvalue weighted by atomic mass is 32.1. The van der Waals surface area contributed by atoms with E-state index in [-0.39, 0.29) is 16.8 Å². The molecule has 0 aromatic rings. The van der Waals surface area contributed by atoms with Crippen molar-refractivity contribution in [1.29, 1.82) is 0 Å². The molecule has 2 atom stereocenters. The molecule has 6 heteroatoms. The van der Waals surface area contributed by atoms with Gasteiger partial charge in [0.05, 0.1) is 10.9 Å². The third-order valence-corrected chi connectivity index (χ3v) is 2.47. The number of rotatable bonds is 6. The Balaban J connectivity index is 4.13. The van der Waals surface area contributed by atoms with E-state index in [1.807, 2.05) is 6.92 Å². The molecule has 2 unspecified atom stereocenters. The van der Waals surface area contributed by atoms with Crippen LogP contribution >= 0.6 is 12.2 Å². The molecule has 0 saturated heterocycles. The normalized spacial score (nSPS) is 13.7. The second-order valence-corrected chi connectivity index (χ2v) is 4.12. The highest BCUT2D eigenvalue weighted by Crippen LogP contribution is 1.96. The van der Waals surface area contributed by atoms with Crippen LogP contribution in [0.25, 0.3) is 0 Å². The van der Waals surface area contributed by atoms with E-state index in [4.69, 9.17) is 18.0 Å². The van der Waals surface area contributed by atoms with Crippen LogP contribution in [0.4, 0.5) is 0 Å². The van der Waals surface area contributed by atoms with Crippen molar-refractivity contribution in [1.82, 2.24) is 10.6 Å². The summed E-state index contributed by atoms with van der Waals surface area (Å²) in [6.07, 6.45) is 0.857. The minimum absolute atomic E-state index is 0.124. The SMILES string of the molecule is CCCNC(=O)C(C)NC(=O)C(C)C(N)=S. The molecule has 0 rings (SSSR count). The van der Waals surface area contributed by atoms with Gasteiger partial charge in [-0.1, -0.05) is 19.1 Å². The minimum Gasteiger partial charge on any atom is -0.393 e. The van der Waals surface area contributed by atoms with Crippen molar-refractivity contribution in [3.8, 4) is 0 Å². The highest BCUT2D eigenvalue weighted by Gasteiger charge is 2.20. The number of hydrogen-bond acceptors (Lipinski definition) is 3. The lowest BCUT2D eigenvalue weighted by Crippen LogP contribution is -2.48. The van der Waals surface area contributed by atoms with Crippen LogP contribution < -0.4 is 16.4 Å². The summed E-state index contributed by atoms with van der Waals surface area (Å²) in [5.74, 6) is -1.09. The second-order valence-electron chi connectivity index (χ2n) is 3.65. The predicted octanol–water partition coefficient (Wildman–Crippen LogP) is -0.0605. The Morgan fingerprint density at radius 1 is 1.31 bits per heavy atom. The zero-order chi connectivity index (χ0) is 12.7. The van der Waals surface area contributed by atoms with Crippen LogP contribution in [-0.4, -0.2) is 29.4 Å². The van der Waals surface area contributed by atoms with Gasteiger partial charge in [0.25, 0.3) is 0 Å². The third-order valence-electron chi connectivity index (χ3n) is 2.12. The van der Waals surface area contributed by atoms with E-state index in [1.54, 1.807) is 13.8 Å². The Morgan fingerprint density at radius 2 is 1.88 bits per heavy atom. The maximum atomic E-state index is 11.5. The Kier molecular flexibility index (Phi) is 6.64. The zero-order valence-electron chi connectivity index (χ0n) is 9.87. The van der Waals surface area contributed by atoms with Gasteiger partial charge in [-0.15, -0.1) is 0 Å². The summed E-state index contributed by atoms with van der Waals surface area (Å²) in [4.78, 5) is 23.1. The number of nitrogens with two attached hydrogens (primary N) is 1. The van der Waals surface area contributed by atoms with Crippen LogP contribution in [0.3, 0.4) is 0 Å². The van der Waals surface area contributed by atoms with E-state index in [0.29, 0.717) is 6.54 Å². The second kappa shape index (κ2) is 7.16. The summed E-state index contributed by atoms with van der Waals surface area (Å²) in [5.41, 5.74) is 5.34. The first-order chi connectivity index (χ1) is 7.40. The van der Waals surface area contributed by atoms with E-state index in [1.165, 1.54) is 0 Å². The standard InChI is InChI=1S/C10H19N3O2S/c1-4-5-12-10(15)7(3)13-9(14)6(2)8(11)16/h6-7H,4-5H2,1-3H3,(H2,11,16)(H,12,15)(H,13,14). The number of carbonyl (C=O) groups is 2. The smallest absolute Gasteiger partial charge is 0.242 e. The molecular formula is C10H19N3O2S. The molecule has 0 fully saturated rings. The van der Waals surface area contributed by atoms with Crippen molar-refractivity contribution >= 4 is 29.0 Å². The van der Waals surface area contributed by atoms with Crippen molar-refractivity contribution in [2.45, 2.75) is 33.2 Å². The average molecular weight is 245 g/mol. The Morgan fingerprint density at radius 3 is 2.31 bits per heavy atom. The monoisotopic (exact) mass is 245 g/mol. The van der Waals surface area contributed by atoms with Crippen molar-refractivity contribution in [2.75, 3.05) is 6.54 Å². The number of hydrogen-bond donors (Lipinski definition) is 3. The molecule has 0 aromatic heterocycles. The zero-order valence-corrected chi connectivity index (χ0v) is 10.7. The molecule has 0 aromatic carbocycles. The largest absolute Gasteiger partial charge is 0.393 e. The van der Waals surface area contributed by atoms with Crippen LogP contribution in [0.1, 0.15) is 27.2 Å². The first-order valence-electron chi connectivity index (χ1n) is 5.27. The predicted molar refractivity (Wildman–Crippen MR) is 66.9 cm³/mol. The number of amides is 2. The minimum atomic E-state index is -0.573. The molecule has 0 aliphatic heterocycles. The number of carbonyl (C=O) groups excluding carboxylic acids is 2. The van der Waals surface area contributed by atoms with Crippen LogP contribution in [0, 0.1) is 5.92 Å². The molecule has 0 heterocycles. The van der Waals surface area contributed by atoms with Gasteiger partial charge in [-0.25, -0.2) is 0 Å². The van der Waals surface area contributed by atoms with E-state index in [9.17, 15) is 9.59 Å². The van der Waals surface area contributed by atoms with Crippen LogP contribution in [-0.2, 0) is 9.59 Å². The Labute approximate surface area is 101 Å². The first-order valence-corrected chi connectivity index (χ1v) is 5.68. The summed E-state index contributed by atoms with van der Waals surface area (Å²) < 4.78 is 0. The van der Waals surface area contributed by atoms with Gasteiger partial charge in [0.1, 0.15) is 6.04 Å². The highest BCUT2D eigenvalue weighted by molar-refractivity contribution is 7.80. The molecule has 2 amide bonds. The fourth-order valence-corrected chi connectivity index (χ4v) is 1.04. The maximum absolute atomic E-state index is 11.5. The summed E-state index contributed by atoms with van der Waals surface area (Å²) in [6.45, 7) is 5.78. The van der Waals surface area contributed by atoms with Gasteiger partial charge < -0.3 is 16.4 Å². The maximum Gasteiger partial charge on any atom is 0.242 e. The van der Waals surface area contributed by atoms with Crippen molar-refractivity contribution in [3.63, 3.8) is 0 Å². The quantitative estimate of drug-likeness (QED) is 0.572. The van der Waals surface area contributed by atoms with Gasteiger partial charge in [0.15, 0.2) is 0 Å². The molecular weight excluding hydrogens is 226 g/mol. The van der Waals surface area contributed by atoms with E-state index >= 15 is 0 Å². The fourth-order valence-electron chi connectivity index (χ4n) is 0.934. The summed E-state index contributed by atoms with van der Waals surface area (Å²) in [7, 11) is 0. The number of thiocarbonyl (C=S) groups is 1. The van der Waals surface area contributed by atoms with Crippen molar-refractivity contribution in [3.05, 3.63) is 0 Å². The summed E-state index contributed by atoms with van der Waals surface area (Å²) in [5, 5.41) is 5.24. The van der Waals surface area contributed by atoms with Gasteiger partial charge in [0, 0.05) is 6.54 Å². The van der Waals surface area contributed by atoms with Crippen LogP contribution in [0.5, 0.6) is 0 Å². The van der Waals surface area contributed by atoms with Crippen molar-refractivity contribution < 1.29 is 9.59 Å². The van der Waals surface area contributed by atoms with Gasteiger partial charge >= 0.3 is 0 Å². The Bertz CT molecular complexity index is 281. The summed E-state index contributed by atoms with van der Waals surface area (Å²) in [6, 6.07) is -0.573. The topological polar surface area (TPSA) is 84.2 Å². The molecule has 0 aliphatic rings. The van der Waals surface area contributed by atoms with Gasteiger partial charge in [-0.2, -0.15) is 0 Å².